The van der Waals surface area contributed by atoms with E-state index >= 15 is 0 Å². The average molecular weight is 398 g/mol. The van der Waals surface area contributed by atoms with E-state index in [4.69, 9.17) is 14.2 Å². The molecule has 2 aromatic carbocycles. The van der Waals surface area contributed by atoms with Crippen LogP contribution in [0.4, 0.5) is 5.69 Å². The Morgan fingerprint density at radius 2 is 1.79 bits per heavy atom. The summed E-state index contributed by atoms with van der Waals surface area (Å²) in [5.74, 6) is 0.233. The molecule has 0 unspecified atom stereocenters. The fourth-order valence-electron chi connectivity index (χ4n) is 2.82. The summed E-state index contributed by atoms with van der Waals surface area (Å²) >= 11 is 0. The molecule has 0 bridgehead atoms. The van der Waals surface area contributed by atoms with E-state index in [0.29, 0.717) is 17.2 Å². The summed E-state index contributed by atoms with van der Waals surface area (Å²) in [6.07, 6.45) is 0.0331. The number of carbonyl (C=O) groups is 3. The third-order valence-corrected chi connectivity index (χ3v) is 4.26. The highest BCUT2D eigenvalue weighted by Gasteiger charge is 2.17. The smallest absolute Gasteiger partial charge is 0.310 e. The summed E-state index contributed by atoms with van der Waals surface area (Å²) in [5, 5.41) is 5.43. The molecule has 0 aromatic heterocycles. The van der Waals surface area contributed by atoms with Crippen LogP contribution in [0.15, 0.2) is 42.5 Å². The van der Waals surface area contributed by atoms with Gasteiger partial charge in [0.15, 0.2) is 18.1 Å². The fourth-order valence-corrected chi connectivity index (χ4v) is 2.82. The van der Waals surface area contributed by atoms with Crippen LogP contribution in [0, 0.1) is 0 Å². The summed E-state index contributed by atoms with van der Waals surface area (Å²) in [5.41, 5.74) is 2.22. The lowest BCUT2D eigenvalue weighted by molar-refractivity contribution is -0.148. The Morgan fingerprint density at radius 1 is 1.07 bits per heavy atom. The Bertz CT molecular complexity index is 910. The maximum atomic E-state index is 12.1. The van der Waals surface area contributed by atoms with Crippen LogP contribution in [-0.2, 0) is 25.5 Å². The van der Waals surface area contributed by atoms with E-state index in [1.165, 1.54) is 6.92 Å². The maximum Gasteiger partial charge on any atom is 0.310 e. The van der Waals surface area contributed by atoms with Crippen molar-refractivity contribution >= 4 is 23.5 Å². The van der Waals surface area contributed by atoms with Crippen molar-refractivity contribution in [1.29, 1.82) is 0 Å². The summed E-state index contributed by atoms with van der Waals surface area (Å²) in [6, 6.07) is 12.0. The number of amides is 2. The van der Waals surface area contributed by atoms with E-state index in [1.54, 1.807) is 30.3 Å². The van der Waals surface area contributed by atoms with Crippen LogP contribution in [-0.4, -0.2) is 31.2 Å². The molecular formula is C21H22N2O6. The van der Waals surface area contributed by atoms with Gasteiger partial charge in [-0.2, -0.15) is 0 Å². The topological polar surface area (TPSA) is 103 Å². The van der Waals surface area contributed by atoms with E-state index in [9.17, 15) is 14.4 Å². The molecule has 2 amide bonds. The van der Waals surface area contributed by atoms with Gasteiger partial charge in [0, 0.05) is 12.6 Å². The molecule has 2 aromatic rings. The number of fused-ring (bicyclic) bond motifs is 1. The third kappa shape index (κ3) is 5.71. The van der Waals surface area contributed by atoms with Crippen LogP contribution in [0.1, 0.15) is 31.0 Å². The number of rotatable bonds is 7. The van der Waals surface area contributed by atoms with E-state index in [1.807, 2.05) is 19.1 Å². The second-order valence-electron chi connectivity index (χ2n) is 6.62. The number of carbonyl (C=O) groups excluding carboxylic acids is 3. The second kappa shape index (κ2) is 9.09. The molecular weight excluding hydrogens is 376 g/mol. The molecule has 1 heterocycles. The van der Waals surface area contributed by atoms with E-state index in [2.05, 4.69) is 10.6 Å². The first kappa shape index (κ1) is 20.2. The van der Waals surface area contributed by atoms with Crippen LogP contribution in [0.25, 0.3) is 0 Å². The third-order valence-electron chi connectivity index (χ3n) is 4.26. The maximum absolute atomic E-state index is 12.1. The van der Waals surface area contributed by atoms with Crippen molar-refractivity contribution in [2.24, 2.45) is 0 Å². The molecule has 152 valence electrons. The molecule has 0 spiro atoms. The van der Waals surface area contributed by atoms with Gasteiger partial charge in [-0.15, -0.1) is 0 Å². The Balaban J connectivity index is 1.43. The Morgan fingerprint density at radius 3 is 2.52 bits per heavy atom. The standard InChI is InChI=1S/C21H22N2O6/c1-13(16-5-8-18-19(10-16)29-12-28-18)22-20(25)11-27-21(26)9-15-3-6-17(7-4-15)23-14(2)24/h3-8,10,13H,9,11-12H2,1-2H3,(H,22,25)(H,23,24)/t13-/m0/s1. The van der Waals surface area contributed by atoms with Gasteiger partial charge < -0.3 is 24.8 Å². The van der Waals surface area contributed by atoms with Gasteiger partial charge in [0.05, 0.1) is 12.5 Å². The zero-order valence-corrected chi connectivity index (χ0v) is 16.2. The van der Waals surface area contributed by atoms with Gasteiger partial charge in [0.1, 0.15) is 0 Å². The molecule has 0 saturated carbocycles. The van der Waals surface area contributed by atoms with Gasteiger partial charge in [-0.25, -0.2) is 0 Å². The van der Waals surface area contributed by atoms with Crippen molar-refractivity contribution in [1.82, 2.24) is 5.32 Å². The first-order chi connectivity index (χ1) is 13.9. The number of hydrogen-bond donors (Lipinski definition) is 2. The summed E-state index contributed by atoms with van der Waals surface area (Å²) in [6.45, 7) is 3.07. The normalized spacial score (nSPS) is 12.8. The average Bonchev–Trinajstić information content (AvgIpc) is 3.15. The van der Waals surface area contributed by atoms with E-state index in [-0.39, 0.29) is 31.8 Å². The molecule has 3 rings (SSSR count). The van der Waals surface area contributed by atoms with Crippen LogP contribution in [0.3, 0.4) is 0 Å². The lowest BCUT2D eigenvalue weighted by Crippen LogP contribution is -2.31. The van der Waals surface area contributed by atoms with Crippen LogP contribution >= 0.6 is 0 Å². The first-order valence-electron chi connectivity index (χ1n) is 9.12. The minimum atomic E-state index is -0.511. The monoisotopic (exact) mass is 398 g/mol. The highest BCUT2D eigenvalue weighted by molar-refractivity contribution is 5.88. The fraction of sp³-hybridized carbons (Fsp3) is 0.286. The number of hydrogen-bond acceptors (Lipinski definition) is 6. The molecule has 2 N–H and O–H groups in total. The minimum absolute atomic E-state index is 0.0331. The predicted octanol–water partition coefficient (Wildman–Crippen LogP) is 2.34. The lowest BCUT2D eigenvalue weighted by atomic mass is 10.1. The van der Waals surface area contributed by atoms with E-state index < -0.39 is 11.9 Å². The summed E-state index contributed by atoms with van der Waals surface area (Å²) in [4.78, 5) is 35.0. The minimum Gasteiger partial charge on any atom is -0.455 e. The number of esters is 1. The molecule has 0 fully saturated rings. The largest absolute Gasteiger partial charge is 0.455 e. The van der Waals surface area contributed by atoms with Crippen molar-refractivity contribution in [2.75, 3.05) is 18.7 Å². The van der Waals surface area contributed by atoms with Gasteiger partial charge in [-0.3, -0.25) is 14.4 Å². The zero-order valence-electron chi connectivity index (χ0n) is 16.2. The number of benzene rings is 2. The zero-order chi connectivity index (χ0) is 20.8. The van der Waals surface area contributed by atoms with E-state index in [0.717, 1.165) is 11.1 Å². The molecule has 1 aliphatic rings. The van der Waals surface area contributed by atoms with Crippen LogP contribution in [0.5, 0.6) is 11.5 Å². The van der Waals surface area contributed by atoms with Crippen molar-refractivity contribution in [3.8, 4) is 11.5 Å². The SMILES string of the molecule is CC(=O)Nc1ccc(CC(=O)OCC(=O)N[C@@H](C)c2ccc3c(c2)OCO3)cc1. The number of anilines is 1. The molecule has 1 atom stereocenters. The Labute approximate surface area is 168 Å². The molecule has 0 radical (unpaired) electrons. The van der Waals surface area contributed by atoms with Crippen LogP contribution < -0.4 is 20.1 Å². The van der Waals surface area contributed by atoms with Crippen LogP contribution in [0.2, 0.25) is 0 Å². The highest BCUT2D eigenvalue weighted by atomic mass is 16.7. The molecule has 29 heavy (non-hydrogen) atoms. The van der Waals surface area contributed by atoms with Gasteiger partial charge in [-0.1, -0.05) is 18.2 Å². The molecule has 8 heteroatoms. The lowest BCUT2D eigenvalue weighted by Gasteiger charge is -2.15. The Kier molecular flexibility index (Phi) is 6.33. The summed E-state index contributed by atoms with van der Waals surface area (Å²) in [7, 11) is 0. The predicted molar refractivity (Wildman–Crippen MR) is 105 cm³/mol. The number of nitrogens with one attached hydrogen (secondary N) is 2. The van der Waals surface area contributed by atoms with Crippen molar-refractivity contribution in [3.05, 3.63) is 53.6 Å². The quantitative estimate of drug-likeness (QED) is 0.694. The molecule has 0 aliphatic carbocycles. The Hall–Kier alpha value is -3.55. The van der Waals surface area contributed by atoms with Gasteiger partial charge in [0.25, 0.3) is 5.91 Å². The first-order valence-corrected chi connectivity index (χ1v) is 9.12. The van der Waals surface area contributed by atoms with Gasteiger partial charge >= 0.3 is 5.97 Å². The number of ether oxygens (including phenoxy) is 3. The van der Waals surface area contributed by atoms with Crippen molar-refractivity contribution in [3.63, 3.8) is 0 Å². The summed E-state index contributed by atoms with van der Waals surface area (Å²) < 4.78 is 15.6. The van der Waals surface area contributed by atoms with Crippen molar-refractivity contribution in [2.45, 2.75) is 26.3 Å². The van der Waals surface area contributed by atoms with Gasteiger partial charge in [-0.05, 0) is 42.3 Å². The molecule has 8 nitrogen and oxygen atoms in total. The molecule has 0 saturated heterocycles. The molecule has 1 aliphatic heterocycles. The highest BCUT2D eigenvalue weighted by Crippen LogP contribution is 2.34. The van der Waals surface area contributed by atoms with Gasteiger partial charge in [0.2, 0.25) is 12.7 Å². The van der Waals surface area contributed by atoms with Crippen molar-refractivity contribution < 1.29 is 28.6 Å². The second-order valence-corrected chi connectivity index (χ2v) is 6.62.